The summed E-state index contributed by atoms with van der Waals surface area (Å²) in [6, 6.07) is 4.19. The first-order valence-corrected chi connectivity index (χ1v) is 7.21. The zero-order chi connectivity index (χ0) is 13.8. The zero-order valence-electron chi connectivity index (χ0n) is 12.2. The number of aryl methyl sites for hydroxylation is 1. The monoisotopic (exact) mass is 263 g/mol. The maximum atomic E-state index is 6.06. The third-order valence-electron chi connectivity index (χ3n) is 3.82. The Hall–Kier alpha value is -1.22. The van der Waals surface area contributed by atoms with E-state index in [0.29, 0.717) is 12.0 Å². The minimum absolute atomic E-state index is 0.386. The Morgan fingerprint density at radius 2 is 2.11 bits per heavy atom. The van der Waals surface area contributed by atoms with Crippen LogP contribution in [0.4, 0.5) is 5.69 Å². The molecule has 0 radical (unpaired) electrons. The third kappa shape index (κ3) is 3.63. The molecule has 1 unspecified atom stereocenters. The number of hydrogen-bond acceptors (Lipinski definition) is 3. The molecular weight excluding hydrogens is 238 g/mol. The molecule has 1 saturated carbocycles. The Morgan fingerprint density at radius 1 is 1.37 bits per heavy atom. The SMILES string of the molecule is CCC(CCOC)c1cc(OC2CC2)c(N)cc1C. The highest BCUT2D eigenvalue weighted by molar-refractivity contribution is 5.57. The van der Waals surface area contributed by atoms with Crippen molar-refractivity contribution in [2.75, 3.05) is 19.5 Å². The Labute approximate surface area is 116 Å². The van der Waals surface area contributed by atoms with Gasteiger partial charge in [0.05, 0.1) is 11.8 Å². The van der Waals surface area contributed by atoms with Crippen LogP contribution in [-0.4, -0.2) is 19.8 Å². The van der Waals surface area contributed by atoms with Crippen LogP contribution in [0.5, 0.6) is 5.75 Å². The number of nitrogen functional groups attached to an aromatic ring is 1. The summed E-state index contributed by atoms with van der Waals surface area (Å²) in [6.07, 6.45) is 4.85. The number of methoxy groups -OCH3 is 1. The van der Waals surface area contributed by atoms with E-state index in [9.17, 15) is 0 Å². The molecule has 1 fully saturated rings. The van der Waals surface area contributed by atoms with Crippen molar-refractivity contribution in [3.63, 3.8) is 0 Å². The lowest BCUT2D eigenvalue weighted by Crippen LogP contribution is -2.07. The molecule has 1 aliphatic carbocycles. The first-order valence-electron chi connectivity index (χ1n) is 7.21. The van der Waals surface area contributed by atoms with Crippen LogP contribution >= 0.6 is 0 Å². The Balaban J connectivity index is 2.21. The van der Waals surface area contributed by atoms with Gasteiger partial charge in [0.1, 0.15) is 5.75 Å². The van der Waals surface area contributed by atoms with Crippen LogP contribution in [0.25, 0.3) is 0 Å². The lowest BCUT2D eigenvalue weighted by molar-refractivity contribution is 0.187. The van der Waals surface area contributed by atoms with Crippen molar-refractivity contribution in [2.24, 2.45) is 0 Å². The second kappa shape index (κ2) is 6.29. The highest BCUT2D eigenvalue weighted by atomic mass is 16.5. The van der Waals surface area contributed by atoms with Gasteiger partial charge in [-0.3, -0.25) is 0 Å². The molecule has 0 bridgehead atoms. The van der Waals surface area contributed by atoms with Crippen LogP contribution in [0.15, 0.2) is 12.1 Å². The van der Waals surface area contributed by atoms with Gasteiger partial charge in [-0.25, -0.2) is 0 Å². The van der Waals surface area contributed by atoms with Crippen LogP contribution in [0.2, 0.25) is 0 Å². The van der Waals surface area contributed by atoms with E-state index in [2.05, 4.69) is 19.9 Å². The molecule has 0 heterocycles. The van der Waals surface area contributed by atoms with E-state index in [0.717, 1.165) is 43.7 Å². The lowest BCUT2D eigenvalue weighted by Gasteiger charge is -2.20. The second-order valence-electron chi connectivity index (χ2n) is 5.45. The summed E-state index contributed by atoms with van der Waals surface area (Å²) in [5, 5.41) is 0. The fraction of sp³-hybridized carbons (Fsp3) is 0.625. The fourth-order valence-electron chi connectivity index (χ4n) is 2.47. The number of hydrogen-bond donors (Lipinski definition) is 1. The van der Waals surface area contributed by atoms with Gasteiger partial charge in [0.25, 0.3) is 0 Å². The normalized spacial score (nSPS) is 16.4. The van der Waals surface area contributed by atoms with E-state index in [-0.39, 0.29) is 0 Å². The molecule has 3 heteroatoms. The summed E-state index contributed by atoms with van der Waals surface area (Å²) in [5.74, 6) is 1.38. The molecule has 1 aromatic carbocycles. The fourth-order valence-corrected chi connectivity index (χ4v) is 2.47. The molecule has 0 aromatic heterocycles. The number of anilines is 1. The van der Waals surface area contributed by atoms with Gasteiger partial charge in [0, 0.05) is 13.7 Å². The van der Waals surface area contributed by atoms with Crippen molar-refractivity contribution in [1.82, 2.24) is 0 Å². The standard InChI is InChI=1S/C16H25NO2/c1-4-12(7-8-18-3)14-10-16(19-13-5-6-13)15(17)9-11(14)2/h9-10,12-13H,4-8,17H2,1-3H3. The Bertz CT molecular complexity index is 427. The average molecular weight is 263 g/mol. The molecule has 2 rings (SSSR count). The molecule has 0 spiro atoms. The third-order valence-corrected chi connectivity index (χ3v) is 3.82. The Morgan fingerprint density at radius 3 is 2.68 bits per heavy atom. The zero-order valence-corrected chi connectivity index (χ0v) is 12.2. The maximum Gasteiger partial charge on any atom is 0.142 e. The predicted molar refractivity (Wildman–Crippen MR) is 78.8 cm³/mol. The van der Waals surface area contributed by atoms with Crippen molar-refractivity contribution in [3.05, 3.63) is 23.3 Å². The lowest BCUT2D eigenvalue weighted by atomic mass is 9.89. The molecule has 0 amide bonds. The summed E-state index contributed by atoms with van der Waals surface area (Å²) in [6.45, 7) is 5.14. The molecule has 106 valence electrons. The van der Waals surface area contributed by atoms with Crippen molar-refractivity contribution in [1.29, 1.82) is 0 Å². The molecular formula is C16H25NO2. The van der Waals surface area contributed by atoms with E-state index in [4.69, 9.17) is 15.2 Å². The molecule has 2 N–H and O–H groups in total. The smallest absolute Gasteiger partial charge is 0.142 e. The van der Waals surface area contributed by atoms with E-state index in [1.807, 2.05) is 6.07 Å². The van der Waals surface area contributed by atoms with Gasteiger partial charge in [0.2, 0.25) is 0 Å². The quantitative estimate of drug-likeness (QED) is 0.764. The summed E-state index contributed by atoms with van der Waals surface area (Å²) >= 11 is 0. The summed E-state index contributed by atoms with van der Waals surface area (Å²) in [4.78, 5) is 0. The average Bonchev–Trinajstić information content (AvgIpc) is 3.19. The number of ether oxygens (including phenoxy) is 2. The van der Waals surface area contributed by atoms with Crippen molar-refractivity contribution in [3.8, 4) is 5.75 Å². The van der Waals surface area contributed by atoms with E-state index < -0.39 is 0 Å². The van der Waals surface area contributed by atoms with E-state index >= 15 is 0 Å². The largest absolute Gasteiger partial charge is 0.488 e. The minimum atomic E-state index is 0.386. The number of nitrogens with two attached hydrogens (primary N) is 1. The molecule has 1 atom stereocenters. The predicted octanol–water partition coefficient (Wildman–Crippen LogP) is 3.65. The number of rotatable bonds is 7. The maximum absolute atomic E-state index is 6.06. The highest BCUT2D eigenvalue weighted by Crippen LogP contribution is 2.36. The van der Waals surface area contributed by atoms with E-state index in [1.165, 1.54) is 11.1 Å². The topological polar surface area (TPSA) is 44.5 Å². The summed E-state index contributed by atoms with van der Waals surface area (Å²) in [7, 11) is 1.75. The van der Waals surface area contributed by atoms with Crippen molar-refractivity contribution >= 4 is 5.69 Å². The van der Waals surface area contributed by atoms with Gasteiger partial charge < -0.3 is 15.2 Å². The first-order chi connectivity index (χ1) is 9.15. The number of benzene rings is 1. The summed E-state index contributed by atoms with van der Waals surface area (Å²) in [5.41, 5.74) is 9.42. The van der Waals surface area contributed by atoms with Crippen LogP contribution < -0.4 is 10.5 Å². The van der Waals surface area contributed by atoms with Gasteiger partial charge >= 0.3 is 0 Å². The summed E-state index contributed by atoms with van der Waals surface area (Å²) < 4.78 is 11.1. The van der Waals surface area contributed by atoms with Crippen LogP contribution in [0.1, 0.15) is 49.7 Å². The van der Waals surface area contributed by atoms with Gasteiger partial charge in [-0.1, -0.05) is 6.92 Å². The molecule has 1 aliphatic rings. The highest BCUT2D eigenvalue weighted by Gasteiger charge is 2.25. The van der Waals surface area contributed by atoms with Gasteiger partial charge in [-0.2, -0.15) is 0 Å². The van der Waals surface area contributed by atoms with E-state index in [1.54, 1.807) is 7.11 Å². The second-order valence-corrected chi connectivity index (χ2v) is 5.45. The van der Waals surface area contributed by atoms with Crippen molar-refractivity contribution in [2.45, 2.75) is 51.6 Å². The van der Waals surface area contributed by atoms with Crippen LogP contribution in [0.3, 0.4) is 0 Å². The van der Waals surface area contributed by atoms with Gasteiger partial charge in [0.15, 0.2) is 0 Å². The van der Waals surface area contributed by atoms with Gasteiger partial charge in [-0.15, -0.1) is 0 Å². The van der Waals surface area contributed by atoms with Gasteiger partial charge in [-0.05, 0) is 61.8 Å². The van der Waals surface area contributed by atoms with Crippen molar-refractivity contribution < 1.29 is 9.47 Å². The molecule has 0 saturated heterocycles. The first kappa shape index (κ1) is 14.2. The minimum Gasteiger partial charge on any atom is -0.488 e. The van der Waals surface area contributed by atoms with Crippen LogP contribution in [-0.2, 0) is 4.74 Å². The molecule has 1 aromatic rings. The molecule has 0 aliphatic heterocycles. The Kier molecular flexibility index (Phi) is 4.70. The van der Waals surface area contributed by atoms with Crippen LogP contribution in [0, 0.1) is 6.92 Å². The molecule has 19 heavy (non-hydrogen) atoms. The molecule has 3 nitrogen and oxygen atoms in total.